The molecule has 2 aromatic heterocycles. The number of aryl methyl sites for hydroxylation is 1. The van der Waals surface area contributed by atoms with Crippen LogP contribution in [0.2, 0.25) is 5.02 Å². The number of nitrogens with two attached hydrogens (primary N) is 1. The highest BCUT2D eigenvalue weighted by molar-refractivity contribution is 6.31. The molecule has 128 valence electrons. The number of aromatic nitrogens is 4. The fourth-order valence-electron chi connectivity index (χ4n) is 2.16. The minimum atomic E-state index is 0.279. The zero-order chi connectivity index (χ0) is 17.8. The van der Waals surface area contributed by atoms with Crippen LogP contribution in [-0.2, 0) is 0 Å². The van der Waals surface area contributed by atoms with Crippen LogP contribution in [0.5, 0.6) is 17.6 Å². The van der Waals surface area contributed by atoms with Crippen LogP contribution in [0.4, 0.5) is 0 Å². The Morgan fingerprint density at radius 2 is 1.96 bits per heavy atom. The first-order chi connectivity index (χ1) is 12.1. The summed E-state index contributed by atoms with van der Waals surface area (Å²) in [5, 5.41) is 11.0. The molecule has 2 heterocycles. The highest BCUT2D eigenvalue weighted by atomic mass is 35.5. The third kappa shape index (κ3) is 3.69. The highest BCUT2D eigenvalue weighted by Gasteiger charge is 2.11. The van der Waals surface area contributed by atoms with E-state index in [2.05, 4.69) is 25.3 Å². The van der Waals surface area contributed by atoms with E-state index in [1.54, 1.807) is 36.7 Å². The van der Waals surface area contributed by atoms with Gasteiger partial charge in [0, 0.05) is 40.2 Å². The Morgan fingerprint density at radius 3 is 2.60 bits per heavy atom. The molecule has 0 saturated carbocycles. The maximum Gasteiger partial charge on any atom is 0.316 e. The molecule has 9 heteroatoms. The average Bonchev–Trinajstić information content (AvgIpc) is 2.63. The molecule has 0 aliphatic heterocycles. The molecule has 0 unspecified atom stereocenters. The van der Waals surface area contributed by atoms with Crippen molar-refractivity contribution in [2.75, 3.05) is 7.11 Å². The zero-order valence-corrected chi connectivity index (χ0v) is 14.3. The quantitative estimate of drug-likeness (QED) is 0.547. The number of benzene rings is 1. The van der Waals surface area contributed by atoms with E-state index in [-0.39, 0.29) is 6.01 Å². The number of ether oxygens (including phenoxy) is 2. The molecule has 3 rings (SSSR count). The lowest BCUT2D eigenvalue weighted by atomic mass is 10.1. The largest absolute Gasteiger partial charge is 0.467 e. The summed E-state index contributed by atoms with van der Waals surface area (Å²) in [6, 6.07) is 7.25. The topological polar surface area (TPSA) is 111 Å². The summed E-state index contributed by atoms with van der Waals surface area (Å²) in [7, 11) is 1.50. The maximum atomic E-state index is 6.12. The molecule has 0 atom stereocenters. The van der Waals surface area contributed by atoms with E-state index < -0.39 is 0 Å². The van der Waals surface area contributed by atoms with Crippen molar-refractivity contribution in [1.82, 2.24) is 20.2 Å². The Hall–Kier alpha value is -3.13. The van der Waals surface area contributed by atoms with Crippen LogP contribution in [0.25, 0.3) is 11.1 Å². The van der Waals surface area contributed by atoms with Crippen LogP contribution < -0.4 is 20.8 Å². The predicted molar refractivity (Wildman–Crippen MR) is 92.2 cm³/mol. The summed E-state index contributed by atoms with van der Waals surface area (Å²) in [6.07, 6.45) is 3.26. The van der Waals surface area contributed by atoms with Gasteiger partial charge in [0.2, 0.25) is 5.88 Å². The van der Waals surface area contributed by atoms with Crippen molar-refractivity contribution in [3.63, 3.8) is 0 Å². The smallest absolute Gasteiger partial charge is 0.316 e. The van der Waals surface area contributed by atoms with E-state index in [1.807, 2.05) is 6.92 Å². The number of nitrogens with one attached hydrogen (secondary N) is 1. The highest BCUT2D eigenvalue weighted by Crippen LogP contribution is 2.34. The molecule has 0 amide bonds. The second-order valence-corrected chi connectivity index (χ2v) is 5.50. The minimum absolute atomic E-state index is 0.279. The van der Waals surface area contributed by atoms with Crippen LogP contribution >= 0.6 is 11.6 Å². The number of methoxy groups -OCH3 is 1. The number of rotatable bonds is 4. The lowest BCUT2D eigenvalue weighted by molar-refractivity contribution is 0.380. The molecular formula is C16H15ClN6O2. The van der Waals surface area contributed by atoms with Crippen molar-refractivity contribution in [3.05, 3.63) is 52.7 Å². The third-order valence-corrected chi connectivity index (χ3v) is 3.63. The summed E-state index contributed by atoms with van der Waals surface area (Å²) >= 11 is 6.12. The lowest BCUT2D eigenvalue weighted by Crippen LogP contribution is -2.16. The Labute approximate surface area is 148 Å². The van der Waals surface area contributed by atoms with Gasteiger partial charge in [-0.05, 0) is 25.1 Å². The van der Waals surface area contributed by atoms with Crippen molar-refractivity contribution < 1.29 is 9.47 Å². The molecule has 8 nitrogen and oxygen atoms in total. The summed E-state index contributed by atoms with van der Waals surface area (Å²) in [6.45, 7) is 1.84. The van der Waals surface area contributed by atoms with Crippen LogP contribution in [-0.4, -0.2) is 27.3 Å². The van der Waals surface area contributed by atoms with Gasteiger partial charge in [-0.3, -0.25) is 5.10 Å². The Morgan fingerprint density at radius 1 is 1.20 bits per heavy atom. The van der Waals surface area contributed by atoms with Gasteiger partial charge in [0.15, 0.2) is 5.49 Å². The summed E-state index contributed by atoms with van der Waals surface area (Å²) in [5.41, 5.74) is 2.73. The fraction of sp³-hybridized carbons (Fsp3) is 0.125. The van der Waals surface area contributed by atoms with E-state index >= 15 is 0 Å². The van der Waals surface area contributed by atoms with Gasteiger partial charge >= 0.3 is 6.01 Å². The lowest BCUT2D eigenvalue weighted by Gasteiger charge is -2.11. The molecule has 0 fully saturated rings. The van der Waals surface area contributed by atoms with Gasteiger partial charge in [0.25, 0.3) is 0 Å². The number of aromatic amines is 1. The second-order valence-electron chi connectivity index (χ2n) is 5.07. The van der Waals surface area contributed by atoms with Gasteiger partial charge in [-0.25, -0.2) is 9.97 Å². The van der Waals surface area contributed by atoms with Crippen molar-refractivity contribution in [2.24, 2.45) is 10.9 Å². The van der Waals surface area contributed by atoms with Gasteiger partial charge in [-0.15, -0.1) is 5.10 Å². The molecule has 0 saturated heterocycles. The number of hydrogen-bond donors (Lipinski definition) is 2. The van der Waals surface area contributed by atoms with E-state index in [4.69, 9.17) is 26.9 Å². The first kappa shape index (κ1) is 16.7. The molecular weight excluding hydrogens is 344 g/mol. The summed E-state index contributed by atoms with van der Waals surface area (Å²) < 4.78 is 10.9. The van der Waals surface area contributed by atoms with Gasteiger partial charge < -0.3 is 15.3 Å². The summed E-state index contributed by atoms with van der Waals surface area (Å²) in [5.74, 6) is 6.18. The van der Waals surface area contributed by atoms with Gasteiger partial charge in [0.05, 0.1) is 7.11 Å². The van der Waals surface area contributed by atoms with Crippen molar-refractivity contribution in [1.29, 1.82) is 0 Å². The molecule has 0 aliphatic carbocycles. The van der Waals surface area contributed by atoms with E-state index in [0.29, 0.717) is 22.1 Å². The van der Waals surface area contributed by atoms with Crippen molar-refractivity contribution in [2.45, 2.75) is 6.92 Å². The molecule has 0 bridgehead atoms. The maximum absolute atomic E-state index is 6.12. The van der Waals surface area contributed by atoms with Crippen LogP contribution in [0.1, 0.15) is 5.56 Å². The van der Waals surface area contributed by atoms with Gasteiger partial charge in [0.1, 0.15) is 5.75 Å². The van der Waals surface area contributed by atoms with Gasteiger partial charge in [-0.2, -0.15) is 5.10 Å². The number of hydrogen-bond acceptors (Lipinski definition) is 7. The molecule has 0 radical (unpaired) electrons. The first-order valence-electron chi connectivity index (χ1n) is 7.24. The van der Waals surface area contributed by atoms with E-state index in [9.17, 15) is 0 Å². The Bertz CT molecular complexity index is 956. The minimum Gasteiger partial charge on any atom is -0.467 e. The zero-order valence-electron chi connectivity index (χ0n) is 13.5. The van der Waals surface area contributed by atoms with Crippen LogP contribution in [0.15, 0.2) is 41.8 Å². The number of nitrogens with zero attached hydrogens (tertiary/aromatic N) is 4. The molecule has 0 spiro atoms. The molecule has 25 heavy (non-hydrogen) atoms. The van der Waals surface area contributed by atoms with Crippen LogP contribution in [0, 0.1) is 6.92 Å². The molecule has 1 aromatic carbocycles. The number of H-pyrrole nitrogens is 1. The molecule has 0 aliphatic rings. The van der Waals surface area contributed by atoms with Crippen molar-refractivity contribution >= 4 is 11.6 Å². The Balaban J connectivity index is 2.00. The average molecular weight is 359 g/mol. The standard InChI is InChI=1S/C16H15ClN6O2/c1-9-5-14(22-23-15(9)21-18)25-13-4-3-11(17)6-12(13)10-7-19-16(24-2)20-8-10/h3-8H,18H2,1-2H3,(H,21,23). The first-order valence-corrected chi connectivity index (χ1v) is 7.62. The van der Waals surface area contributed by atoms with E-state index in [1.165, 1.54) is 7.11 Å². The number of halogens is 1. The van der Waals surface area contributed by atoms with Crippen LogP contribution in [0.3, 0.4) is 0 Å². The summed E-state index contributed by atoms with van der Waals surface area (Å²) in [4.78, 5) is 8.22. The SMILES string of the molecule is COc1ncc(-c2cc(Cl)ccc2Oc2cc(C)/c(=N/N)[nH]n2)cn1. The Kier molecular flexibility index (Phi) is 4.80. The second kappa shape index (κ2) is 7.18. The van der Waals surface area contributed by atoms with E-state index in [0.717, 1.165) is 16.7 Å². The van der Waals surface area contributed by atoms with Crippen molar-refractivity contribution in [3.8, 4) is 28.8 Å². The third-order valence-electron chi connectivity index (χ3n) is 3.39. The predicted octanol–water partition coefficient (Wildman–Crippen LogP) is 2.40. The molecule has 3 N–H and O–H groups in total. The van der Waals surface area contributed by atoms with Gasteiger partial charge in [-0.1, -0.05) is 11.6 Å². The molecule has 3 aromatic rings. The monoisotopic (exact) mass is 358 g/mol. The fourth-order valence-corrected chi connectivity index (χ4v) is 2.33. The normalized spacial score (nSPS) is 11.4.